The van der Waals surface area contributed by atoms with Gasteiger partial charge in [0.05, 0.1) is 6.10 Å². The largest absolute Gasteiger partial charge is 0.488 e. The van der Waals surface area contributed by atoms with E-state index in [0.29, 0.717) is 12.2 Å². The molecule has 2 rings (SSSR count). The van der Waals surface area contributed by atoms with Crippen molar-refractivity contribution < 1.29 is 18.7 Å². The van der Waals surface area contributed by atoms with E-state index in [-0.39, 0.29) is 23.6 Å². The zero-order chi connectivity index (χ0) is 21.8. The van der Waals surface area contributed by atoms with Crippen LogP contribution in [-0.4, -0.2) is 12.1 Å². The topological polar surface area (TPSA) is 35.5 Å². The number of hydrogen-bond donors (Lipinski definition) is 0. The van der Waals surface area contributed by atoms with Gasteiger partial charge < -0.3 is 9.47 Å². The number of carbonyl (C=O) groups excluding carboxylic acids is 1. The first-order chi connectivity index (χ1) is 14.5. The zero-order valence-electron chi connectivity index (χ0n) is 18.6. The molecule has 0 aliphatic carbocycles. The summed E-state index contributed by atoms with van der Waals surface area (Å²) in [6.07, 6.45) is 9.14. The second-order valence-corrected chi connectivity index (χ2v) is 7.88. The monoisotopic (exact) mass is 414 g/mol. The van der Waals surface area contributed by atoms with Crippen LogP contribution < -0.4 is 9.47 Å². The molecule has 30 heavy (non-hydrogen) atoms. The van der Waals surface area contributed by atoms with E-state index in [1.807, 2.05) is 25.1 Å². The second kappa shape index (κ2) is 13.0. The minimum absolute atomic E-state index is 0.0133. The van der Waals surface area contributed by atoms with Gasteiger partial charge in [0.2, 0.25) is 0 Å². The summed E-state index contributed by atoms with van der Waals surface area (Å²) >= 11 is 0. The summed E-state index contributed by atoms with van der Waals surface area (Å²) < 4.78 is 25.5. The number of unbranched alkanes of at least 4 members (excludes halogenated alkanes) is 5. The van der Waals surface area contributed by atoms with E-state index in [4.69, 9.17) is 9.47 Å². The predicted octanol–water partition coefficient (Wildman–Crippen LogP) is 7.72. The molecule has 164 valence electrons. The van der Waals surface area contributed by atoms with Crippen LogP contribution in [0.5, 0.6) is 11.5 Å². The van der Waals surface area contributed by atoms with Crippen molar-refractivity contribution in [2.24, 2.45) is 0 Å². The molecule has 0 radical (unpaired) electrons. The molecule has 1 atom stereocenters. The molecule has 0 saturated carbocycles. The molecule has 0 fully saturated rings. The lowest BCUT2D eigenvalue weighted by Gasteiger charge is -2.15. The van der Waals surface area contributed by atoms with Gasteiger partial charge in [-0.15, -0.1) is 0 Å². The Morgan fingerprint density at radius 3 is 2.23 bits per heavy atom. The van der Waals surface area contributed by atoms with Crippen LogP contribution in [0.2, 0.25) is 0 Å². The van der Waals surface area contributed by atoms with Gasteiger partial charge in [-0.3, -0.25) is 4.79 Å². The van der Waals surface area contributed by atoms with Gasteiger partial charge in [-0.2, -0.15) is 0 Å². The molecule has 0 spiro atoms. The summed E-state index contributed by atoms with van der Waals surface area (Å²) in [4.78, 5) is 12.0. The van der Waals surface area contributed by atoms with E-state index < -0.39 is 0 Å². The van der Waals surface area contributed by atoms with Gasteiger partial charge in [0, 0.05) is 6.42 Å². The molecular weight excluding hydrogens is 379 g/mol. The fourth-order valence-electron chi connectivity index (χ4n) is 3.41. The highest BCUT2D eigenvalue weighted by atomic mass is 19.1. The summed E-state index contributed by atoms with van der Waals surface area (Å²) in [6.45, 7) is 6.22. The number of esters is 1. The number of ether oxygens (including phenoxy) is 2. The molecule has 2 aromatic rings. The number of hydrogen-bond acceptors (Lipinski definition) is 3. The summed E-state index contributed by atoms with van der Waals surface area (Å²) in [5.41, 5.74) is 1.62. The lowest BCUT2D eigenvalue weighted by molar-refractivity contribution is -0.134. The summed E-state index contributed by atoms with van der Waals surface area (Å²) in [7, 11) is 0. The van der Waals surface area contributed by atoms with Crippen LogP contribution in [0.15, 0.2) is 42.5 Å². The van der Waals surface area contributed by atoms with Crippen molar-refractivity contribution in [3.8, 4) is 22.6 Å². The van der Waals surface area contributed by atoms with Gasteiger partial charge in [-0.05, 0) is 55.2 Å². The molecule has 0 N–H and O–H groups in total. The Morgan fingerprint density at radius 1 is 0.900 bits per heavy atom. The zero-order valence-corrected chi connectivity index (χ0v) is 18.6. The Bertz CT molecular complexity index is 770. The highest BCUT2D eigenvalue weighted by Gasteiger charge is 2.10. The third kappa shape index (κ3) is 8.17. The van der Waals surface area contributed by atoms with Crippen molar-refractivity contribution in [3.63, 3.8) is 0 Å². The number of rotatable bonds is 13. The van der Waals surface area contributed by atoms with E-state index in [2.05, 4.69) is 13.8 Å². The van der Waals surface area contributed by atoms with E-state index in [9.17, 15) is 9.18 Å². The van der Waals surface area contributed by atoms with Crippen molar-refractivity contribution >= 4 is 5.97 Å². The molecule has 0 saturated heterocycles. The molecule has 3 nitrogen and oxygen atoms in total. The molecule has 2 aromatic carbocycles. The van der Waals surface area contributed by atoms with Gasteiger partial charge in [0.25, 0.3) is 0 Å². The van der Waals surface area contributed by atoms with Gasteiger partial charge in [0.15, 0.2) is 11.6 Å². The van der Waals surface area contributed by atoms with Crippen molar-refractivity contribution in [2.75, 3.05) is 0 Å². The van der Waals surface area contributed by atoms with Crippen LogP contribution >= 0.6 is 0 Å². The first-order valence-electron chi connectivity index (χ1n) is 11.3. The third-order valence-electron chi connectivity index (χ3n) is 5.11. The van der Waals surface area contributed by atoms with Crippen molar-refractivity contribution in [2.45, 2.75) is 84.7 Å². The fourth-order valence-corrected chi connectivity index (χ4v) is 3.41. The first-order valence-corrected chi connectivity index (χ1v) is 11.3. The SMILES string of the molecule is CCCCCCCCC(=O)Oc1ccc(-c2ccc(O[C@@H](C)CCC)c(F)c2)cc1. The molecule has 0 aromatic heterocycles. The van der Waals surface area contributed by atoms with Crippen molar-refractivity contribution in [3.05, 3.63) is 48.3 Å². The number of benzene rings is 2. The average molecular weight is 415 g/mol. The second-order valence-electron chi connectivity index (χ2n) is 7.88. The number of carbonyl (C=O) groups is 1. The lowest BCUT2D eigenvalue weighted by Crippen LogP contribution is -2.11. The van der Waals surface area contributed by atoms with Gasteiger partial charge >= 0.3 is 5.97 Å². The Balaban J connectivity index is 1.86. The van der Waals surface area contributed by atoms with Crippen molar-refractivity contribution in [1.29, 1.82) is 0 Å². The maximum absolute atomic E-state index is 14.4. The first kappa shape index (κ1) is 23.9. The van der Waals surface area contributed by atoms with Gasteiger partial charge in [-0.1, -0.05) is 70.6 Å². The van der Waals surface area contributed by atoms with Crippen LogP contribution in [0.4, 0.5) is 4.39 Å². The smallest absolute Gasteiger partial charge is 0.311 e. The average Bonchev–Trinajstić information content (AvgIpc) is 2.73. The Hall–Kier alpha value is -2.36. The minimum atomic E-state index is -0.370. The highest BCUT2D eigenvalue weighted by molar-refractivity contribution is 5.73. The molecular formula is C26H35FO3. The van der Waals surface area contributed by atoms with Crippen LogP contribution in [0.3, 0.4) is 0 Å². The summed E-state index contributed by atoms with van der Waals surface area (Å²) in [5.74, 6) is 0.223. The lowest BCUT2D eigenvalue weighted by atomic mass is 10.1. The molecule has 0 aliphatic rings. The quantitative estimate of drug-likeness (QED) is 0.191. The molecule has 0 amide bonds. The summed E-state index contributed by atoms with van der Waals surface area (Å²) in [6, 6.07) is 12.2. The molecule has 0 unspecified atom stereocenters. The van der Waals surface area contributed by atoms with Crippen LogP contribution in [0.1, 0.15) is 78.6 Å². The van der Waals surface area contributed by atoms with E-state index in [0.717, 1.165) is 36.8 Å². The van der Waals surface area contributed by atoms with E-state index >= 15 is 0 Å². The van der Waals surface area contributed by atoms with Gasteiger partial charge in [0.1, 0.15) is 5.75 Å². The molecule has 4 heteroatoms. The highest BCUT2D eigenvalue weighted by Crippen LogP contribution is 2.28. The maximum atomic E-state index is 14.4. The molecule has 0 bridgehead atoms. The van der Waals surface area contributed by atoms with Crippen LogP contribution in [0, 0.1) is 5.82 Å². The van der Waals surface area contributed by atoms with Crippen LogP contribution in [-0.2, 0) is 4.79 Å². The maximum Gasteiger partial charge on any atom is 0.311 e. The Kier molecular flexibility index (Phi) is 10.4. The number of halogens is 1. The molecule has 0 heterocycles. The standard InChI is InChI=1S/C26H35FO3/c1-4-6-7-8-9-10-12-26(28)30-23-16-13-21(14-17-23)22-15-18-25(24(27)19-22)29-20(3)11-5-2/h13-20H,4-12H2,1-3H3/t20-/m0/s1. The Labute approximate surface area is 180 Å². The minimum Gasteiger partial charge on any atom is -0.488 e. The third-order valence-corrected chi connectivity index (χ3v) is 5.11. The normalized spacial score (nSPS) is 11.9. The van der Waals surface area contributed by atoms with E-state index in [1.165, 1.54) is 31.7 Å². The Morgan fingerprint density at radius 2 is 1.57 bits per heavy atom. The van der Waals surface area contributed by atoms with Gasteiger partial charge in [-0.25, -0.2) is 4.39 Å². The van der Waals surface area contributed by atoms with E-state index in [1.54, 1.807) is 18.2 Å². The van der Waals surface area contributed by atoms with Crippen LogP contribution in [0.25, 0.3) is 11.1 Å². The predicted molar refractivity (Wildman–Crippen MR) is 120 cm³/mol. The molecule has 0 aliphatic heterocycles. The summed E-state index contributed by atoms with van der Waals surface area (Å²) in [5, 5.41) is 0. The van der Waals surface area contributed by atoms with Crippen molar-refractivity contribution in [1.82, 2.24) is 0 Å². The fraction of sp³-hybridized carbons (Fsp3) is 0.500.